The van der Waals surface area contributed by atoms with Crippen molar-refractivity contribution < 1.29 is 0 Å². The molecule has 0 saturated carbocycles. The zero-order chi connectivity index (χ0) is 29.9. The maximum atomic E-state index is 2.38. The highest BCUT2D eigenvalue weighted by Crippen LogP contribution is 2.42. The van der Waals surface area contributed by atoms with E-state index in [9.17, 15) is 0 Å². The maximum absolute atomic E-state index is 2.38. The van der Waals surface area contributed by atoms with Crippen LogP contribution in [0, 0.1) is 0 Å². The van der Waals surface area contributed by atoms with E-state index in [1.807, 2.05) is 0 Å². The molecular formula is C46H26. The van der Waals surface area contributed by atoms with Gasteiger partial charge in [-0.05, 0) is 139 Å². The molecule has 46 heavy (non-hydrogen) atoms. The molecule has 0 aliphatic rings. The quantitative estimate of drug-likeness (QED) is 0.141. The first kappa shape index (κ1) is 24.4. The van der Waals surface area contributed by atoms with Gasteiger partial charge in [-0.2, -0.15) is 0 Å². The molecular weight excluding hydrogens is 553 g/mol. The van der Waals surface area contributed by atoms with E-state index in [0.29, 0.717) is 0 Å². The van der Waals surface area contributed by atoms with Gasteiger partial charge < -0.3 is 0 Å². The molecule has 0 bridgehead atoms. The van der Waals surface area contributed by atoms with Gasteiger partial charge in [-0.3, -0.25) is 0 Å². The van der Waals surface area contributed by atoms with Crippen LogP contribution in [0.2, 0.25) is 0 Å². The Morgan fingerprint density at radius 3 is 1.59 bits per heavy atom. The lowest BCUT2D eigenvalue weighted by Gasteiger charge is -2.15. The largest absolute Gasteiger partial charge is 0.0616 e. The first-order valence-corrected chi connectivity index (χ1v) is 16.1. The van der Waals surface area contributed by atoms with Crippen LogP contribution in [0.4, 0.5) is 0 Å². The summed E-state index contributed by atoms with van der Waals surface area (Å²) in [6, 6.07) is 59.2. The van der Waals surface area contributed by atoms with E-state index >= 15 is 0 Å². The third-order valence-corrected chi connectivity index (χ3v) is 10.5. The molecule has 11 aromatic rings. The molecule has 0 aliphatic carbocycles. The van der Waals surface area contributed by atoms with Gasteiger partial charge in [0.25, 0.3) is 0 Å². The van der Waals surface area contributed by atoms with Crippen LogP contribution >= 0.6 is 0 Å². The molecule has 0 heteroatoms. The molecule has 0 atom stereocenters. The Kier molecular flexibility index (Phi) is 4.66. The number of benzene rings is 11. The molecule has 0 nitrogen and oxygen atoms in total. The molecule has 0 N–H and O–H groups in total. The van der Waals surface area contributed by atoms with Crippen molar-refractivity contribution in [1.29, 1.82) is 0 Å². The van der Waals surface area contributed by atoms with E-state index in [1.54, 1.807) is 0 Å². The average molecular weight is 579 g/mol. The van der Waals surface area contributed by atoms with Gasteiger partial charge >= 0.3 is 0 Å². The molecule has 0 saturated heterocycles. The Labute approximate surface area is 265 Å². The Bertz CT molecular complexity index is 2980. The summed E-state index contributed by atoms with van der Waals surface area (Å²) in [5.41, 5.74) is 5.04. The number of hydrogen-bond acceptors (Lipinski definition) is 0. The van der Waals surface area contributed by atoms with Gasteiger partial charge in [0.2, 0.25) is 0 Å². The lowest BCUT2D eigenvalue weighted by Crippen LogP contribution is -1.88. The van der Waals surface area contributed by atoms with Crippen LogP contribution in [0.5, 0.6) is 0 Å². The van der Waals surface area contributed by atoms with Gasteiger partial charge in [0, 0.05) is 0 Å². The predicted octanol–water partition coefficient (Wildman–Crippen LogP) is 13.1. The first-order chi connectivity index (χ1) is 22.8. The summed E-state index contributed by atoms with van der Waals surface area (Å²) in [5.74, 6) is 0. The molecule has 0 heterocycles. The number of hydrogen-bond donors (Lipinski definition) is 0. The monoisotopic (exact) mass is 578 g/mol. The minimum absolute atomic E-state index is 1.25. The van der Waals surface area contributed by atoms with E-state index < -0.39 is 0 Å². The summed E-state index contributed by atoms with van der Waals surface area (Å²) in [5, 5.41) is 21.1. The molecule has 0 radical (unpaired) electrons. The summed E-state index contributed by atoms with van der Waals surface area (Å²) in [6.45, 7) is 0. The topological polar surface area (TPSA) is 0 Å². The van der Waals surface area contributed by atoms with E-state index in [4.69, 9.17) is 0 Å². The SMILES string of the molecule is c1ccc2c(c1)cc1ccc3cc(-c4ccc5ccc(-c6ccc7ccc8cccc9ccc6c7c89)cc5c4)cc4ccc2c1c34. The first-order valence-electron chi connectivity index (χ1n) is 16.1. The van der Waals surface area contributed by atoms with Gasteiger partial charge in [-0.1, -0.05) is 127 Å². The van der Waals surface area contributed by atoms with Crippen LogP contribution in [-0.2, 0) is 0 Å². The van der Waals surface area contributed by atoms with Crippen LogP contribution in [0.25, 0.3) is 108 Å². The summed E-state index contributed by atoms with van der Waals surface area (Å²) < 4.78 is 0. The van der Waals surface area contributed by atoms with Crippen molar-refractivity contribution in [2.24, 2.45) is 0 Å². The molecule has 0 fully saturated rings. The van der Waals surface area contributed by atoms with E-state index in [1.165, 1.54) is 108 Å². The van der Waals surface area contributed by atoms with Crippen LogP contribution in [0.1, 0.15) is 0 Å². The van der Waals surface area contributed by atoms with Gasteiger partial charge in [0.1, 0.15) is 0 Å². The second-order valence-electron chi connectivity index (χ2n) is 12.9. The minimum Gasteiger partial charge on any atom is -0.0616 e. The van der Waals surface area contributed by atoms with Gasteiger partial charge in [0.05, 0.1) is 0 Å². The van der Waals surface area contributed by atoms with Crippen LogP contribution in [-0.4, -0.2) is 0 Å². The van der Waals surface area contributed by atoms with Crippen molar-refractivity contribution >= 4 is 86.2 Å². The van der Waals surface area contributed by atoms with Gasteiger partial charge in [-0.25, -0.2) is 0 Å². The second kappa shape index (κ2) is 8.81. The zero-order valence-corrected chi connectivity index (χ0v) is 25.0. The van der Waals surface area contributed by atoms with Gasteiger partial charge in [-0.15, -0.1) is 0 Å². The minimum atomic E-state index is 1.25. The van der Waals surface area contributed by atoms with Crippen molar-refractivity contribution in [3.05, 3.63) is 158 Å². The zero-order valence-electron chi connectivity index (χ0n) is 25.0. The van der Waals surface area contributed by atoms with Crippen LogP contribution in [0.15, 0.2) is 158 Å². The molecule has 0 amide bonds. The lowest BCUT2D eigenvalue weighted by atomic mass is 9.88. The van der Waals surface area contributed by atoms with Crippen LogP contribution < -0.4 is 0 Å². The van der Waals surface area contributed by atoms with Crippen LogP contribution in [0.3, 0.4) is 0 Å². The fraction of sp³-hybridized carbons (Fsp3) is 0. The van der Waals surface area contributed by atoms with E-state index in [0.717, 1.165) is 0 Å². The Morgan fingerprint density at radius 1 is 0.217 bits per heavy atom. The standard InChI is InChI=1S/C46H26/c1-2-7-39-32(4-1)23-36-15-14-34-25-38(26-35-18-21-41(39)46(36)44(34)35)31-12-8-27-9-13-33(24-37(27)22-31)40-19-16-30-11-10-28-5-3-6-29-17-20-42(40)45(30)43(28)29/h1-26H. The maximum Gasteiger partial charge on any atom is -0.00203 e. The molecule has 210 valence electrons. The van der Waals surface area contributed by atoms with Crippen molar-refractivity contribution in [1.82, 2.24) is 0 Å². The number of rotatable bonds is 2. The van der Waals surface area contributed by atoms with Gasteiger partial charge in [0.15, 0.2) is 0 Å². The third-order valence-electron chi connectivity index (χ3n) is 10.5. The summed E-state index contributed by atoms with van der Waals surface area (Å²) >= 11 is 0. The average Bonchev–Trinajstić information content (AvgIpc) is 3.12. The highest BCUT2D eigenvalue weighted by atomic mass is 14.2. The predicted molar refractivity (Wildman–Crippen MR) is 200 cm³/mol. The highest BCUT2D eigenvalue weighted by molar-refractivity contribution is 6.29. The molecule has 0 aromatic heterocycles. The normalized spacial score (nSPS) is 12.3. The summed E-state index contributed by atoms with van der Waals surface area (Å²) in [7, 11) is 0. The summed E-state index contributed by atoms with van der Waals surface area (Å²) in [4.78, 5) is 0. The lowest BCUT2D eigenvalue weighted by molar-refractivity contribution is 1.67. The molecule has 0 unspecified atom stereocenters. The van der Waals surface area contributed by atoms with Crippen molar-refractivity contribution in [2.45, 2.75) is 0 Å². The highest BCUT2D eigenvalue weighted by Gasteiger charge is 2.15. The fourth-order valence-corrected chi connectivity index (χ4v) is 8.32. The smallest absolute Gasteiger partial charge is 0.00203 e. The fourth-order valence-electron chi connectivity index (χ4n) is 8.32. The van der Waals surface area contributed by atoms with E-state index in [-0.39, 0.29) is 0 Å². The van der Waals surface area contributed by atoms with Crippen molar-refractivity contribution in [3.8, 4) is 22.3 Å². The second-order valence-corrected chi connectivity index (χ2v) is 12.9. The third kappa shape index (κ3) is 3.28. The summed E-state index contributed by atoms with van der Waals surface area (Å²) in [6.07, 6.45) is 0. The number of fused-ring (bicyclic) bond motifs is 3. The Morgan fingerprint density at radius 2 is 0.739 bits per heavy atom. The Balaban J connectivity index is 1.09. The molecule has 0 aliphatic heterocycles. The molecule has 0 spiro atoms. The van der Waals surface area contributed by atoms with E-state index in [2.05, 4.69) is 158 Å². The molecule has 11 rings (SSSR count). The van der Waals surface area contributed by atoms with Crippen molar-refractivity contribution in [2.75, 3.05) is 0 Å². The molecule has 11 aromatic carbocycles. The van der Waals surface area contributed by atoms with Crippen molar-refractivity contribution in [3.63, 3.8) is 0 Å². The Hall–Kier alpha value is -5.98.